The monoisotopic (exact) mass is 361 g/mol. The van der Waals surface area contributed by atoms with Crippen molar-refractivity contribution in [3.8, 4) is 0 Å². The summed E-state index contributed by atoms with van der Waals surface area (Å²) in [6.07, 6.45) is 3.67. The quantitative estimate of drug-likeness (QED) is 0.655. The van der Waals surface area contributed by atoms with Crippen molar-refractivity contribution in [2.24, 2.45) is 4.99 Å². The van der Waals surface area contributed by atoms with Gasteiger partial charge in [0.05, 0.1) is 22.3 Å². The van der Waals surface area contributed by atoms with E-state index in [1.54, 1.807) is 11.8 Å². The molecule has 1 aromatic heterocycles. The highest BCUT2D eigenvalue weighted by molar-refractivity contribution is 8.13. The molecule has 0 fully saturated rings. The lowest BCUT2D eigenvalue weighted by atomic mass is 10.0. The van der Waals surface area contributed by atoms with Gasteiger partial charge >= 0.3 is 5.97 Å². The molecule has 0 amide bonds. The third kappa shape index (κ3) is 3.32. The van der Waals surface area contributed by atoms with E-state index in [1.807, 2.05) is 36.6 Å². The maximum Gasteiger partial charge on any atom is 0.365 e. The van der Waals surface area contributed by atoms with Crippen molar-refractivity contribution < 1.29 is 9.90 Å². The summed E-state index contributed by atoms with van der Waals surface area (Å²) >= 11 is 2.92. The fourth-order valence-corrected chi connectivity index (χ4v) is 4.69. The zero-order valence-corrected chi connectivity index (χ0v) is 15.2. The van der Waals surface area contributed by atoms with Gasteiger partial charge in [-0.15, -0.1) is 11.3 Å². The number of aromatic nitrogens is 1. The Kier molecular flexibility index (Phi) is 5.20. The number of fused-ring (bicyclic) bond motifs is 1. The van der Waals surface area contributed by atoms with Crippen LogP contribution < -0.4 is 0 Å². The van der Waals surface area contributed by atoms with E-state index in [1.165, 1.54) is 11.3 Å². The zero-order chi connectivity index (χ0) is 17.1. The van der Waals surface area contributed by atoms with E-state index in [0.717, 1.165) is 40.8 Å². The Hall–Kier alpha value is -1.86. The first-order valence-corrected chi connectivity index (χ1v) is 9.85. The number of aliphatic imine (C=N–C) groups is 1. The third-order valence-electron chi connectivity index (χ3n) is 3.97. The average molecular weight is 361 g/mol. The third-order valence-corrected chi connectivity index (χ3v) is 5.85. The molecule has 2 heterocycles. The van der Waals surface area contributed by atoms with Crippen molar-refractivity contribution in [2.75, 3.05) is 12.8 Å². The van der Waals surface area contributed by atoms with Crippen LogP contribution in [0.2, 0.25) is 0 Å². The summed E-state index contributed by atoms with van der Waals surface area (Å²) in [6, 6.07) is 10.0. The van der Waals surface area contributed by atoms with Crippen LogP contribution in [0.15, 0.2) is 35.3 Å². The lowest BCUT2D eigenvalue weighted by Gasteiger charge is -2.36. The van der Waals surface area contributed by atoms with Crippen LogP contribution >= 0.6 is 23.1 Å². The number of thioether (sulfide) groups is 1. The molecule has 126 valence electrons. The molecule has 7 heteroatoms. The molecular weight excluding hydrogens is 342 g/mol. The van der Waals surface area contributed by atoms with Gasteiger partial charge in [-0.05, 0) is 24.8 Å². The van der Waals surface area contributed by atoms with Crippen molar-refractivity contribution in [3.05, 3.63) is 45.9 Å². The number of amidine groups is 1. The molecule has 24 heavy (non-hydrogen) atoms. The average Bonchev–Trinajstić information content (AvgIpc) is 3.04. The molecule has 3 rings (SSSR count). The van der Waals surface area contributed by atoms with Gasteiger partial charge in [0.1, 0.15) is 0 Å². The van der Waals surface area contributed by atoms with Crippen molar-refractivity contribution in [1.29, 1.82) is 0 Å². The van der Waals surface area contributed by atoms with Crippen LogP contribution in [0.4, 0.5) is 5.69 Å². The highest BCUT2D eigenvalue weighted by Gasteiger charge is 2.32. The molecule has 0 aliphatic carbocycles. The standard InChI is InChI=1S/C17H19N3O2S2/c1-3-13-14-12(19-15(24-14)16(21)22)9-10-20(13)17(23-2)18-11-7-5-4-6-8-11/h4-8,13H,3,9-10H2,1-2H3,(H,21,22). The second-order valence-corrected chi connectivity index (χ2v) is 7.24. The summed E-state index contributed by atoms with van der Waals surface area (Å²) in [6.45, 7) is 2.92. The van der Waals surface area contributed by atoms with Gasteiger partial charge in [0.25, 0.3) is 0 Å². The van der Waals surface area contributed by atoms with E-state index in [0.29, 0.717) is 0 Å². The summed E-state index contributed by atoms with van der Waals surface area (Å²) in [5.41, 5.74) is 1.86. The second-order valence-electron chi connectivity index (χ2n) is 5.44. The normalized spacial score (nSPS) is 17.7. The van der Waals surface area contributed by atoms with Gasteiger partial charge in [-0.2, -0.15) is 0 Å². The first-order chi connectivity index (χ1) is 11.6. The van der Waals surface area contributed by atoms with E-state index in [-0.39, 0.29) is 11.0 Å². The number of para-hydroxylation sites is 1. The van der Waals surface area contributed by atoms with Crippen LogP contribution in [0.1, 0.15) is 39.8 Å². The first-order valence-electron chi connectivity index (χ1n) is 7.81. The van der Waals surface area contributed by atoms with Crippen LogP contribution in [0.25, 0.3) is 0 Å². The SMILES string of the molecule is CCC1c2sc(C(=O)O)nc2CCN1C(=Nc1ccccc1)SC. The van der Waals surface area contributed by atoms with Gasteiger partial charge in [0, 0.05) is 13.0 Å². The number of carbonyl (C=O) groups is 1. The number of nitrogens with zero attached hydrogens (tertiary/aromatic N) is 3. The van der Waals surface area contributed by atoms with Crippen LogP contribution in [-0.2, 0) is 6.42 Å². The second kappa shape index (κ2) is 7.36. The van der Waals surface area contributed by atoms with E-state index >= 15 is 0 Å². The number of hydrogen-bond donors (Lipinski definition) is 1. The number of rotatable bonds is 3. The molecule has 0 saturated carbocycles. The Bertz CT molecular complexity index is 758. The molecule has 0 spiro atoms. The summed E-state index contributed by atoms with van der Waals surface area (Å²) in [7, 11) is 0. The van der Waals surface area contributed by atoms with Crippen molar-refractivity contribution >= 4 is 39.9 Å². The van der Waals surface area contributed by atoms with Gasteiger partial charge in [-0.25, -0.2) is 14.8 Å². The molecule has 1 N–H and O–H groups in total. The summed E-state index contributed by atoms with van der Waals surface area (Å²) in [5.74, 6) is -0.946. The fraction of sp³-hybridized carbons (Fsp3) is 0.353. The molecular formula is C17H19N3O2S2. The molecule has 1 aromatic carbocycles. The van der Waals surface area contributed by atoms with Crippen LogP contribution in [-0.4, -0.2) is 38.9 Å². The van der Waals surface area contributed by atoms with Crippen LogP contribution in [0.5, 0.6) is 0 Å². The van der Waals surface area contributed by atoms with E-state index in [9.17, 15) is 9.90 Å². The number of hydrogen-bond acceptors (Lipinski definition) is 5. The molecule has 5 nitrogen and oxygen atoms in total. The molecule has 1 aliphatic rings. The highest BCUT2D eigenvalue weighted by atomic mass is 32.2. The Morgan fingerprint density at radius 2 is 2.21 bits per heavy atom. The summed E-state index contributed by atoms with van der Waals surface area (Å²) in [4.78, 5) is 23.7. The maximum absolute atomic E-state index is 11.2. The largest absolute Gasteiger partial charge is 0.476 e. The van der Waals surface area contributed by atoms with Crippen molar-refractivity contribution in [2.45, 2.75) is 25.8 Å². The fourth-order valence-electron chi connectivity index (χ4n) is 2.89. The number of thiazole rings is 1. The number of aromatic carboxylic acids is 1. The van der Waals surface area contributed by atoms with E-state index in [2.05, 4.69) is 16.8 Å². The molecule has 0 bridgehead atoms. The molecule has 1 atom stereocenters. The highest BCUT2D eigenvalue weighted by Crippen LogP contribution is 2.38. The van der Waals surface area contributed by atoms with E-state index < -0.39 is 5.97 Å². The zero-order valence-electron chi connectivity index (χ0n) is 13.6. The van der Waals surface area contributed by atoms with Gasteiger partial charge in [-0.3, -0.25) is 0 Å². The Morgan fingerprint density at radius 1 is 1.46 bits per heavy atom. The number of carboxylic acids is 1. The molecule has 1 unspecified atom stereocenters. The van der Waals surface area contributed by atoms with Crippen molar-refractivity contribution in [1.82, 2.24) is 9.88 Å². The predicted molar refractivity (Wildman–Crippen MR) is 99.6 cm³/mol. The molecule has 1 aliphatic heterocycles. The number of benzene rings is 1. The first kappa shape index (κ1) is 17.0. The topological polar surface area (TPSA) is 65.8 Å². The summed E-state index contributed by atoms with van der Waals surface area (Å²) < 4.78 is 0. The lowest BCUT2D eigenvalue weighted by molar-refractivity contribution is 0.0696. The predicted octanol–water partition coefficient (Wildman–Crippen LogP) is 4.20. The minimum atomic E-state index is -0.946. The van der Waals surface area contributed by atoms with Crippen LogP contribution in [0, 0.1) is 0 Å². The number of carboxylic acid groups (broad SMARTS) is 1. The Labute approximate surface area is 149 Å². The Balaban J connectivity index is 1.95. The Morgan fingerprint density at radius 3 is 2.83 bits per heavy atom. The molecule has 2 aromatic rings. The minimum Gasteiger partial charge on any atom is -0.476 e. The summed E-state index contributed by atoms with van der Waals surface area (Å²) in [5, 5.41) is 10.4. The van der Waals surface area contributed by atoms with Crippen molar-refractivity contribution in [3.63, 3.8) is 0 Å². The smallest absolute Gasteiger partial charge is 0.365 e. The molecule has 0 radical (unpaired) electrons. The minimum absolute atomic E-state index is 0.134. The van der Waals surface area contributed by atoms with Gasteiger partial charge in [0.2, 0.25) is 5.01 Å². The van der Waals surface area contributed by atoms with E-state index in [4.69, 9.17) is 4.99 Å². The maximum atomic E-state index is 11.2. The van der Waals surface area contributed by atoms with Gasteiger partial charge in [0.15, 0.2) is 5.17 Å². The molecule has 0 saturated heterocycles. The van der Waals surface area contributed by atoms with Crippen LogP contribution in [0.3, 0.4) is 0 Å². The van der Waals surface area contributed by atoms with Gasteiger partial charge < -0.3 is 10.0 Å². The lowest BCUT2D eigenvalue weighted by Crippen LogP contribution is -2.37. The van der Waals surface area contributed by atoms with Gasteiger partial charge in [-0.1, -0.05) is 36.9 Å².